The lowest BCUT2D eigenvalue weighted by Gasteiger charge is -2.33. The number of amides is 1. The van der Waals surface area contributed by atoms with Crippen LogP contribution in [0.2, 0.25) is 0 Å². The van der Waals surface area contributed by atoms with Crippen molar-refractivity contribution in [3.05, 3.63) is 122 Å². The number of halogens is 1. The zero-order valence-corrected chi connectivity index (χ0v) is 69.5. The van der Waals surface area contributed by atoms with E-state index in [-0.39, 0.29) is 40.0 Å². The highest BCUT2D eigenvalue weighted by molar-refractivity contribution is 9.10. The second-order valence-electron chi connectivity index (χ2n) is 30.2. The summed E-state index contributed by atoms with van der Waals surface area (Å²) in [5, 5.41) is 5.22. The van der Waals surface area contributed by atoms with E-state index < -0.39 is 0 Å². The third kappa shape index (κ3) is 38.9. The van der Waals surface area contributed by atoms with Gasteiger partial charge in [0.2, 0.25) is 5.91 Å². The fourth-order valence-corrected chi connectivity index (χ4v) is 14.6. The number of carbonyl (C=O) groups is 4. The minimum Gasteiger partial charge on any atom is -0.382 e. The van der Waals surface area contributed by atoms with Crippen molar-refractivity contribution in [2.75, 3.05) is 7.11 Å². The van der Waals surface area contributed by atoms with E-state index in [0.717, 1.165) is 109 Å². The van der Waals surface area contributed by atoms with Gasteiger partial charge in [0.25, 0.3) is 0 Å². The Kier molecular flexibility index (Phi) is 51.3. The average Bonchev–Trinajstić information content (AvgIpc) is 1.52. The molecule has 4 aliphatic rings. The number of hydrogen-bond acceptors (Lipinski definition) is 6. The first-order valence-electron chi connectivity index (χ1n) is 37.5. The molecule has 1 N–H and O–H groups in total. The van der Waals surface area contributed by atoms with Crippen molar-refractivity contribution in [1.29, 1.82) is 0 Å². The van der Waals surface area contributed by atoms with Gasteiger partial charge in [-0.25, -0.2) is 0 Å². The number of Topliss-reactive ketones (excluding diaryl/α,β-unsaturated/α-hetero) is 2. The molecule has 0 saturated heterocycles. The third-order valence-corrected chi connectivity index (χ3v) is 22.8. The Morgan fingerprint density at radius 1 is 0.789 bits per heavy atom. The van der Waals surface area contributed by atoms with E-state index in [1.807, 2.05) is 31.4 Å². The van der Waals surface area contributed by atoms with Gasteiger partial charge in [-0.1, -0.05) is 269 Å². The summed E-state index contributed by atoms with van der Waals surface area (Å²) in [6, 6.07) is 14.5. The molecule has 0 heterocycles. The number of hydrogen-bond donors (Lipinski definition) is 1. The number of unbranched alkanes of at least 4 members (excludes halogenated alkanes) is 1. The van der Waals surface area contributed by atoms with Crippen molar-refractivity contribution in [3.63, 3.8) is 0 Å². The molecule has 3 saturated carbocycles. The van der Waals surface area contributed by atoms with Crippen LogP contribution in [0, 0.1) is 64.6 Å². The quantitative estimate of drug-likeness (QED) is 0.0370. The van der Waals surface area contributed by atoms with Crippen LogP contribution < -0.4 is 5.32 Å². The summed E-state index contributed by atoms with van der Waals surface area (Å²) in [5.41, 5.74) is 10.3. The van der Waals surface area contributed by atoms with Crippen LogP contribution in [-0.4, -0.2) is 42.1 Å². The van der Waals surface area contributed by atoms with Crippen molar-refractivity contribution in [3.8, 4) is 0 Å². The van der Waals surface area contributed by atoms with Crippen molar-refractivity contribution >= 4 is 65.6 Å². The van der Waals surface area contributed by atoms with E-state index in [1.165, 1.54) is 97.8 Å². The van der Waals surface area contributed by atoms with Crippen LogP contribution >= 0.6 is 36.9 Å². The highest BCUT2D eigenvalue weighted by atomic mass is 79.9. The van der Waals surface area contributed by atoms with Crippen LogP contribution in [0.5, 0.6) is 0 Å². The summed E-state index contributed by atoms with van der Waals surface area (Å²) in [4.78, 5) is 46.7. The number of allylic oxidation sites excluding steroid dienone is 6. The molecule has 95 heavy (non-hydrogen) atoms. The Balaban J connectivity index is 0. The number of benzene rings is 2. The molecule has 3 fully saturated rings. The van der Waals surface area contributed by atoms with Gasteiger partial charge in [0, 0.05) is 52.8 Å². The van der Waals surface area contributed by atoms with E-state index in [1.54, 1.807) is 36.9 Å². The third-order valence-electron chi connectivity index (χ3n) is 20.1. The van der Waals surface area contributed by atoms with Gasteiger partial charge in [0.05, 0.1) is 6.10 Å². The maximum Gasteiger partial charge on any atom is 0.223 e. The molecule has 6 rings (SSSR count). The Morgan fingerprint density at radius 3 is 1.75 bits per heavy atom. The molecular weight excluding hydrogens is 1270 g/mol. The van der Waals surface area contributed by atoms with Gasteiger partial charge >= 0.3 is 0 Å². The molecule has 0 radical (unpaired) electrons. The SMILES string of the molecule is C=C(C)C(C)CC.C=CSC(=C(C)C)c1ccc(CNC(=O)C(CCC)CCCC)cc1.CC(=O)C(C(C)(C)C)C1(P)CC1.CC1=CC(C2CCCC(C)CC2)=CCC1C.CC1CC(C)[C@@H](C)C1.CCC(C)C(=O)c1c(Br)cccc1C(C)CC.CCC(C)OC.CCC=O. The van der Waals surface area contributed by atoms with Crippen LogP contribution in [0.4, 0.5) is 0 Å². The first kappa shape index (κ1) is 93.9. The van der Waals surface area contributed by atoms with Crippen LogP contribution in [0.15, 0.2) is 99.9 Å². The van der Waals surface area contributed by atoms with Crippen molar-refractivity contribution in [1.82, 2.24) is 5.32 Å². The molecule has 544 valence electrons. The summed E-state index contributed by atoms with van der Waals surface area (Å²) in [5.74, 6) is 7.98. The fourth-order valence-electron chi connectivity index (χ4n) is 12.5. The van der Waals surface area contributed by atoms with Gasteiger partial charge in [0.1, 0.15) is 12.1 Å². The second-order valence-corrected chi connectivity index (χ2v) is 33.2. The molecule has 0 aliphatic heterocycles. The minimum absolute atomic E-state index is 0.0940. The first-order chi connectivity index (χ1) is 44.6. The molecule has 0 bridgehead atoms. The smallest absolute Gasteiger partial charge is 0.223 e. The van der Waals surface area contributed by atoms with Crippen molar-refractivity contribution < 1.29 is 23.9 Å². The molecule has 6 nitrogen and oxygen atoms in total. The van der Waals surface area contributed by atoms with E-state index in [2.05, 4.69) is 232 Å². The van der Waals surface area contributed by atoms with Gasteiger partial charge in [-0.15, -0.1) is 9.24 Å². The number of carbonyl (C=O) groups excluding carboxylic acids is 4. The molecule has 0 spiro atoms. The zero-order chi connectivity index (χ0) is 73.2. The summed E-state index contributed by atoms with van der Waals surface area (Å²) in [6.07, 6.45) is 30.3. The van der Waals surface area contributed by atoms with E-state index >= 15 is 0 Å². The highest BCUT2D eigenvalue weighted by Crippen LogP contribution is 2.56. The fraction of sp³-hybridized carbons (Fsp3) is 0.698. The van der Waals surface area contributed by atoms with Gasteiger partial charge < -0.3 is 14.8 Å². The minimum atomic E-state index is 0.0940. The van der Waals surface area contributed by atoms with Crippen molar-refractivity contribution in [2.24, 2.45) is 64.6 Å². The predicted molar refractivity (Wildman–Crippen MR) is 430 cm³/mol. The summed E-state index contributed by atoms with van der Waals surface area (Å²) >= 11 is 5.17. The summed E-state index contributed by atoms with van der Waals surface area (Å²) in [7, 11) is 4.61. The molecule has 0 aromatic heterocycles. The summed E-state index contributed by atoms with van der Waals surface area (Å²) in [6.45, 7) is 60.0. The van der Waals surface area contributed by atoms with E-state index in [9.17, 15) is 19.2 Å². The molecular formula is C86H147BrNO5PS. The van der Waals surface area contributed by atoms with Crippen LogP contribution in [0.25, 0.3) is 4.91 Å². The van der Waals surface area contributed by atoms with Crippen molar-refractivity contribution in [2.45, 2.75) is 318 Å². The van der Waals surface area contributed by atoms with Gasteiger partial charge in [-0.05, 0) is 217 Å². The Labute approximate surface area is 603 Å². The molecule has 13 atom stereocenters. The standard InChI is InChI=1S/C22H33NOS.C16H26.C15H21BrO.C10H19OP.C8H16.C7H14.C5H12O.C3H6O/c1-6-9-11-20(10-7-2)22(24)23-16-18-12-14-19(15-13-18)21(17(4)5)25-8-3;1-12-5-4-6-15(9-7-12)16-10-8-13(2)14(3)11-16;1-5-10(3)12-8-7-9-13(16)14(12)15(17)11(4)6-2;1-7(11)8(9(2,3)4)10(12)5-6-10;1-6-4-7(2)8(3)5-6;1-5-7(4)6(2)3;1-4-5(2)6-3;1-2-3-4/h8,12-15,20H,3,6-7,9-11,16H2,1-2,4-5H3,(H,23,24);10-13,15H,4-9H2,1-3H3;7-11H,5-6H2,1-4H3;8H,5-6,12H2,1-4H3;6-8H,4-5H2,1-3H3;7H,2,5H2,1,3-4H3;5H,4H2,1-3H3;3H,2H2,1H3/t;;;;6?,7-,8?;;;/m....0.../s1. The largest absolute Gasteiger partial charge is 0.382 e. The molecule has 4 aliphatic carbocycles. The number of ether oxygens (including phenoxy) is 1. The Morgan fingerprint density at radius 2 is 1.37 bits per heavy atom. The van der Waals surface area contributed by atoms with E-state index in [4.69, 9.17) is 4.74 Å². The van der Waals surface area contributed by atoms with Gasteiger partial charge in [-0.2, -0.15) is 0 Å². The van der Waals surface area contributed by atoms with Crippen LogP contribution in [-0.2, 0) is 25.7 Å². The second kappa shape index (κ2) is 51.9. The number of thioether (sulfide) groups is 1. The molecule has 9 heteroatoms. The average molecular weight is 1420 g/mol. The maximum absolute atomic E-state index is 12.4. The molecule has 2 aromatic carbocycles. The molecule has 2 aromatic rings. The van der Waals surface area contributed by atoms with Gasteiger partial charge in [0.15, 0.2) is 5.78 Å². The lowest BCUT2D eigenvalue weighted by Crippen LogP contribution is -2.35. The first-order valence-corrected chi connectivity index (χ1v) is 39.8. The predicted octanol–water partition coefficient (Wildman–Crippen LogP) is 26.8. The number of nitrogens with one attached hydrogen (secondary N) is 1. The number of rotatable bonds is 24. The highest BCUT2D eigenvalue weighted by Gasteiger charge is 2.51. The molecule has 12 unspecified atom stereocenters. The number of aldehydes is 1. The normalized spacial score (nSPS) is 20.9. The Bertz CT molecular complexity index is 2550. The summed E-state index contributed by atoms with van der Waals surface area (Å²) < 4.78 is 5.83. The topological polar surface area (TPSA) is 89.5 Å². The molecule has 1 amide bonds. The lowest BCUT2D eigenvalue weighted by molar-refractivity contribution is -0.126. The number of ketones is 2. The lowest BCUT2D eigenvalue weighted by atomic mass is 9.75. The van der Waals surface area contributed by atoms with Crippen LogP contribution in [0.3, 0.4) is 0 Å². The maximum atomic E-state index is 12.4. The monoisotopic (exact) mass is 1420 g/mol. The zero-order valence-electron chi connectivity index (χ0n) is 65.9. The Hall–Kier alpha value is -3.16. The van der Waals surface area contributed by atoms with Gasteiger partial charge in [-0.3, -0.25) is 14.4 Å². The van der Waals surface area contributed by atoms with E-state index in [0.29, 0.717) is 36.7 Å². The van der Waals surface area contributed by atoms with Crippen LogP contribution in [0.1, 0.15) is 328 Å². The number of methoxy groups -OCH3 is 1.